The first-order valence-corrected chi connectivity index (χ1v) is 5.24. The fourth-order valence-corrected chi connectivity index (χ4v) is 1.91. The van der Waals surface area contributed by atoms with Crippen LogP contribution < -0.4 is 0 Å². The van der Waals surface area contributed by atoms with Crippen LogP contribution in [0.5, 0.6) is 0 Å². The normalized spacial score (nSPS) is 13.7. The molecule has 0 aliphatic carbocycles. The number of thioether (sulfide) groups is 1. The third-order valence-electron chi connectivity index (χ3n) is 1.14. The molecule has 2 nitrogen and oxygen atoms in total. The molecule has 0 radical (unpaired) electrons. The standard InChI is InChI=1S/C6H13O2PS/c1-4-5(2)10-6(3)9(7)8/h5,7-8H,3-4H2,1-2H3. The van der Waals surface area contributed by atoms with Crippen molar-refractivity contribution in [1.29, 1.82) is 0 Å². The molecule has 0 bridgehead atoms. The quantitative estimate of drug-likeness (QED) is 0.652. The Bertz CT molecular complexity index is 116. The van der Waals surface area contributed by atoms with Gasteiger partial charge in [-0.3, -0.25) is 0 Å². The Balaban J connectivity index is 3.57. The molecule has 2 N–H and O–H groups in total. The minimum Gasteiger partial charge on any atom is -0.346 e. The molecule has 0 aliphatic rings. The van der Waals surface area contributed by atoms with Gasteiger partial charge in [-0.1, -0.05) is 20.4 Å². The van der Waals surface area contributed by atoms with E-state index in [0.29, 0.717) is 9.90 Å². The van der Waals surface area contributed by atoms with Crippen molar-refractivity contribution in [3.63, 3.8) is 0 Å². The van der Waals surface area contributed by atoms with Gasteiger partial charge in [-0.2, -0.15) is 0 Å². The maximum absolute atomic E-state index is 8.67. The monoisotopic (exact) mass is 180 g/mol. The summed E-state index contributed by atoms with van der Waals surface area (Å²) in [6.07, 6.45) is 1.02. The second-order valence-electron chi connectivity index (χ2n) is 2.02. The molecule has 0 aliphatic heterocycles. The van der Waals surface area contributed by atoms with Gasteiger partial charge in [0.05, 0.1) is 4.65 Å². The van der Waals surface area contributed by atoms with Gasteiger partial charge in [0, 0.05) is 5.25 Å². The van der Waals surface area contributed by atoms with Crippen molar-refractivity contribution in [2.24, 2.45) is 0 Å². The summed E-state index contributed by atoms with van der Waals surface area (Å²) in [5.41, 5.74) is 0. The molecule has 0 saturated heterocycles. The molecule has 0 aromatic rings. The van der Waals surface area contributed by atoms with Crippen LogP contribution in [0.2, 0.25) is 0 Å². The second kappa shape index (κ2) is 5.14. The van der Waals surface area contributed by atoms with E-state index in [-0.39, 0.29) is 0 Å². The molecule has 0 rings (SSSR count). The lowest BCUT2D eigenvalue weighted by Crippen LogP contribution is -1.91. The molecule has 0 saturated carbocycles. The highest BCUT2D eigenvalue weighted by Crippen LogP contribution is 2.43. The van der Waals surface area contributed by atoms with Crippen LogP contribution in [0, 0.1) is 0 Å². The van der Waals surface area contributed by atoms with E-state index in [9.17, 15) is 0 Å². The zero-order valence-corrected chi connectivity index (χ0v) is 7.95. The Labute approximate surface area is 67.3 Å². The highest BCUT2D eigenvalue weighted by molar-refractivity contribution is 8.09. The first kappa shape index (κ1) is 10.4. The minimum atomic E-state index is -1.93. The molecule has 0 heterocycles. The van der Waals surface area contributed by atoms with Crippen molar-refractivity contribution in [3.05, 3.63) is 11.2 Å². The number of hydrogen-bond acceptors (Lipinski definition) is 3. The maximum Gasteiger partial charge on any atom is 0.205 e. The average Bonchev–Trinajstić information content (AvgIpc) is 1.87. The van der Waals surface area contributed by atoms with Crippen LogP contribution in [0.1, 0.15) is 20.3 Å². The van der Waals surface area contributed by atoms with E-state index in [4.69, 9.17) is 9.79 Å². The van der Waals surface area contributed by atoms with Crippen LogP contribution in [0.3, 0.4) is 0 Å². The largest absolute Gasteiger partial charge is 0.346 e. The van der Waals surface area contributed by atoms with Crippen LogP contribution in [-0.4, -0.2) is 15.0 Å². The van der Waals surface area contributed by atoms with Gasteiger partial charge in [0.25, 0.3) is 0 Å². The lowest BCUT2D eigenvalue weighted by Gasteiger charge is -2.10. The first-order chi connectivity index (χ1) is 4.57. The topological polar surface area (TPSA) is 40.5 Å². The van der Waals surface area contributed by atoms with Crippen molar-refractivity contribution in [2.45, 2.75) is 25.5 Å². The van der Waals surface area contributed by atoms with Crippen molar-refractivity contribution in [3.8, 4) is 0 Å². The fourth-order valence-electron chi connectivity index (χ4n) is 0.363. The summed E-state index contributed by atoms with van der Waals surface area (Å²) >= 11 is 1.44. The van der Waals surface area contributed by atoms with Crippen LogP contribution in [0.4, 0.5) is 0 Å². The Kier molecular flexibility index (Phi) is 5.36. The van der Waals surface area contributed by atoms with Gasteiger partial charge in [0.2, 0.25) is 8.38 Å². The Morgan fingerprint density at radius 3 is 2.50 bits per heavy atom. The van der Waals surface area contributed by atoms with E-state index in [0.717, 1.165) is 6.42 Å². The van der Waals surface area contributed by atoms with Crippen molar-refractivity contribution < 1.29 is 9.79 Å². The minimum absolute atomic E-state index is 0.428. The van der Waals surface area contributed by atoms with Gasteiger partial charge in [0.15, 0.2) is 0 Å². The predicted octanol–water partition coefficient (Wildman–Crippen LogP) is 2.29. The second-order valence-corrected chi connectivity index (χ2v) is 4.97. The third-order valence-corrected chi connectivity index (χ3v) is 3.40. The van der Waals surface area contributed by atoms with E-state index in [1.165, 1.54) is 11.8 Å². The lowest BCUT2D eigenvalue weighted by molar-refractivity contribution is 0.495. The summed E-state index contributed by atoms with van der Waals surface area (Å²) in [6, 6.07) is 0. The zero-order valence-electron chi connectivity index (χ0n) is 6.24. The fraction of sp³-hybridized carbons (Fsp3) is 0.667. The van der Waals surface area contributed by atoms with E-state index >= 15 is 0 Å². The van der Waals surface area contributed by atoms with Gasteiger partial charge in [-0.25, -0.2) is 0 Å². The van der Waals surface area contributed by atoms with E-state index in [1.807, 2.05) is 6.92 Å². The van der Waals surface area contributed by atoms with Crippen molar-refractivity contribution in [2.75, 3.05) is 0 Å². The van der Waals surface area contributed by atoms with E-state index in [2.05, 4.69) is 13.5 Å². The van der Waals surface area contributed by atoms with Crippen LogP contribution in [-0.2, 0) is 0 Å². The third kappa shape index (κ3) is 4.29. The molecule has 1 atom stereocenters. The van der Waals surface area contributed by atoms with Gasteiger partial charge in [-0.05, 0) is 6.42 Å². The zero-order chi connectivity index (χ0) is 8.15. The lowest BCUT2D eigenvalue weighted by atomic mass is 10.4. The Morgan fingerprint density at radius 1 is 1.70 bits per heavy atom. The van der Waals surface area contributed by atoms with Crippen molar-refractivity contribution >= 4 is 20.1 Å². The van der Waals surface area contributed by atoms with Gasteiger partial charge >= 0.3 is 0 Å². The molecular formula is C6H13O2PS. The average molecular weight is 180 g/mol. The van der Waals surface area contributed by atoms with Crippen LogP contribution in [0.15, 0.2) is 11.2 Å². The van der Waals surface area contributed by atoms with E-state index < -0.39 is 8.38 Å². The molecule has 0 aromatic carbocycles. The number of hydrogen-bond donors (Lipinski definition) is 2. The summed E-state index contributed by atoms with van der Waals surface area (Å²) in [7, 11) is -1.93. The smallest absolute Gasteiger partial charge is 0.205 e. The highest BCUT2D eigenvalue weighted by atomic mass is 32.2. The van der Waals surface area contributed by atoms with Gasteiger partial charge in [-0.15, -0.1) is 11.8 Å². The molecule has 0 amide bonds. The maximum atomic E-state index is 8.67. The van der Waals surface area contributed by atoms with Gasteiger partial charge in [0.1, 0.15) is 0 Å². The van der Waals surface area contributed by atoms with Crippen LogP contribution >= 0.6 is 20.1 Å². The molecule has 60 valence electrons. The molecule has 0 fully saturated rings. The predicted molar refractivity (Wildman–Crippen MR) is 47.8 cm³/mol. The van der Waals surface area contributed by atoms with Gasteiger partial charge < -0.3 is 9.79 Å². The molecule has 0 spiro atoms. The molecular weight excluding hydrogens is 167 g/mol. The Hall–Kier alpha value is 0.440. The van der Waals surface area contributed by atoms with Crippen LogP contribution in [0.25, 0.3) is 0 Å². The van der Waals surface area contributed by atoms with Crippen molar-refractivity contribution in [1.82, 2.24) is 0 Å². The summed E-state index contributed by atoms with van der Waals surface area (Å²) in [6.45, 7) is 7.63. The molecule has 1 unspecified atom stereocenters. The van der Waals surface area contributed by atoms with E-state index in [1.54, 1.807) is 0 Å². The highest BCUT2D eigenvalue weighted by Gasteiger charge is 2.08. The molecule has 10 heavy (non-hydrogen) atoms. The number of rotatable bonds is 4. The summed E-state index contributed by atoms with van der Waals surface area (Å²) in [5.74, 6) is 0. The first-order valence-electron chi connectivity index (χ1n) is 3.11. The molecule has 4 heteroatoms. The Morgan fingerprint density at radius 2 is 2.20 bits per heavy atom. The molecule has 0 aromatic heterocycles. The SMILES string of the molecule is C=C(SC(C)CC)P(O)O. The summed E-state index contributed by atoms with van der Waals surface area (Å²) < 4.78 is 0.490. The summed E-state index contributed by atoms with van der Waals surface area (Å²) in [5, 5.41) is 0.428. The summed E-state index contributed by atoms with van der Waals surface area (Å²) in [4.78, 5) is 17.3.